The van der Waals surface area contributed by atoms with E-state index in [1.165, 1.54) is 0 Å². The van der Waals surface area contributed by atoms with Gasteiger partial charge in [0.05, 0.1) is 17.8 Å². The molecule has 1 aliphatic heterocycles. The number of urea groups is 1. The van der Waals surface area contributed by atoms with Crippen LogP contribution in [0.2, 0.25) is 5.02 Å². The van der Waals surface area contributed by atoms with Gasteiger partial charge in [-0.1, -0.05) is 41.9 Å². The highest BCUT2D eigenvalue weighted by atomic mass is 35.5. The van der Waals surface area contributed by atoms with Crippen molar-refractivity contribution >= 4 is 35.1 Å². The van der Waals surface area contributed by atoms with Crippen molar-refractivity contribution in [2.24, 2.45) is 0 Å². The van der Waals surface area contributed by atoms with Gasteiger partial charge in [-0.25, -0.2) is 4.79 Å². The third kappa shape index (κ3) is 3.94. The largest absolute Gasteiger partial charge is 0.496 e. The van der Waals surface area contributed by atoms with Gasteiger partial charge in [0.1, 0.15) is 17.8 Å². The van der Waals surface area contributed by atoms with Crippen molar-refractivity contribution < 1.29 is 19.1 Å². The van der Waals surface area contributed by atoms with Crippen LogP contribution in [0.25, 0.3) is 0 Å². The number of hydrogen-bond acceptors (Lipinski definition) is 4. The van der Waals surface area contributed by atoms with Crippen LogP contribution in [0.1, 0.15) is 12.5 Å². The zero-order valence-corrected chi connectivity index (χ0v) is 16.2. The Hall–Kier alpha value is -3.06. The van der Waals surface area contributed by atoms with Crippen LogP contribution in [0.4, 0.5) is 10.5 Å². The SMILES string of the molecule is COc1ccccc1C[C@]1(C)NC(=O)N(CC(=O)Nc2ccccc2Cl)C1=O. The van der Waals surface area contributed by atoms with Crippen LogP contribution in [-0.2, 0) is 16.0 Å². The van der Waals surface area contributed by atoms with Crippen LogP contribution >= 0.6 is 11.6 Å². The number of carbonyl (C=O) groups is 3. The lowest BCUT2D eigenvalue weighted by molar-refractivity contribution is -0.133. The fraction of sp³-hybridized carbons (Fsp3) is 0.250. The van der Waals surface area contributed by atoms with Crippen molar-refractivity contribution in [2.45, 2.75) is 18.9 Å². The molecule has 2 aromatic carbocycles. The number of anilines is 1. The normalized spacial score (nSPS) is 18.8. The summed E-state index contributed by atoms with van der Waals surface area (Å²) >= 11 is 6.02. The lowest BCUT2D eigenvalue weighted by atomic mass is 9.92. The molecule has 0 aromatic heterocycles. The van der Waals surface area contributed by atoms with Crippen molar-refractivity contribution in [3.05, 3.63) is 59.1 Å². The number of para-hydroxylation sites is 2. The molecular formula is C20H20ClN3O4. The van der Waals surface area contributed by atoms with Gasteiger partial charge < -0.3 is 15.4 Å². The zero-order chi connectivity index (χ0) is 20.3. The molecule has 4 amide bonds. The predicted molar refractivity (Wildman–Crippen MR) is 105 cm³/mol. The van der Waals surface area contributed by atoms with Crippen molar-refractivity contribution in [3.8, 4) is 5.75 Å². The number of benzene rings is 2. The molecule has 1 atom stereocenters. The van der Waals surface area contributed by atoms with Crippen LogP contribution in [0, 0.1) is 0 Å². The molecule has 0 aliphatic carbocycles. The number of ether oxygens (including phenoxy) is 1. The maximum Gasteiger partial charge on any atom is 0.325 e. The number of nitrogens with zero attached hydrogens (tertiary/aromatic N) is 1. The number of rotatable bonds is 6. The van der Waals surface area contributed by atoms with Crippen LogP contribution < -0.4 is 15.4 Å². The van der Waals surface area contributed by atoms with E-state index in [9.17, 15) is 14.4 Å². The molecule has 0 radical (unpaired) electrons. The molecule has 2 N–H and O–H groups in total. The van der Waals surface area contributed by atoms with Gasteiger partial charge in [-0.15, -0.1) is 0 Å². The second-order valence-electron chi connectivity index (χ2n) is 6.67. The molecule has 1 saturated heterocycles. The van der Waals surface area contributed by atoms with Crippen LogP contribution in [0.15, 0.2) is 48.5 Å². The first-order chi connectivity index (χ1) is 13.3. The fourth-order valence-corrected chi connectivity index (χ4v) is 3.32. The quantitative estimate of drug-likeness (QED) is 0.728. The van der Waals surface area contributed by atoms with Crippen LogP contribution in [0.3, 0.4) is 0 Å². The van der Waals surface area contributed by atoms with Gasteiger partial charge in [0.15, 0.2) is 0 Å². The van der Waals surface area contributed by atoms with Crippen molar-refractivity contribution in [3.63, 3.8) is 0 Å². The first-order valence-corrected chi connectivity index (χ1v) is 9.02. The van der Waals surface area contributed by atoms with Gasteiger partial charge in [0, 0.05) is 6.42 Å². The van der Waals surface area contributed by atoms with Crippen LogP contribution in [0.5, 0.6) is 5.75 Å². The molecule has 7 nitrogen and oxygen atoms in total. The summed E-state index contributed by atoms with van der Waals surface area (Å²) in [6.45, 7) is 1.23. The Bertz CT molecular complexity index is 933. The van der Waals surface area contributed by atoms with E-state index in [0.29, 0.717) is 16.5 Å². The number of methoxy groups -OCH3 is 1. The minimum Gasteiger partial charge on any atom is -0.496 e. The second kappa shape index (κ2) is 7.90. The fourth-order valence-electron chi connectivity index (χ4n) is 3.14. The number of amides is 4. The standard InChI is InChI=1S/C20H20ClN3O4/c1-20(11-13-7-3-6-10-16(13)28-2)18(26)24(19(27)23-20)12-17(25)22-15-9-5-4-8-14(15)21/h3-10H,11-12H2,1-2H3,(H,22,25)(H,23,27)/t20-/m0/s1. The van der Waals surface area contributed by atoms with E-state index in [0.717, 1.165) is 10.5 Å². The molecule has 3 rings (SSSR count). The molecule has 0 spiro atoms. The lowest BCUT2D eigenvalue weighted by Gasteiger charge is -2.22. The highest BCUT2D eigenvalue weighted by Gasteiger charge is 2.48. The maximum atomic E-state index is 12.9. The van der Waals surface area contributed by atoms with Crippen LogP contribution in [-0.4, -0.2) is 41.9 Å². The minimum atomic E-state index is -1.17. The summed E-state index contributed by atoms with van der Waals surface area (Å²) in [5.41, 5.74) is 0.0256. The molecular weight excluding hydrogens is 382 g/mol. The Labute approximate surface area is 167 Å². The summed E-state index contributed by atoms with van der Waals surface area (Å²) in [6, 6.07) is 13.4. The average molecular weight is 402 g/mol. The summed E-state index contributed by atoms with van der Waals surface area (Å²) < 4.78 is 5.32. The molecule has 1 fully saturated rings. The Morgan fingerprint density at radius 1 is 1.18 bits per heavy atom. The van der Waals surface area contributed by atoms with Crippen molar-refractivity contribution in [1.82, 2.24) is 10.2 Å². The zero-order valence-electron chi connectivity index (χ0n) is 15.5. The smallest absolute Gasteiger partial charge is 0.325 e. The molecule has 28 heavy (non-hydrogen) atoms. The van der Waals surface area contributed by atoms with E-state index in [1.54, 1.807) is 44.4 Å². The van der Waals surface area contributed by atoms with E-state index < -0.39 is 29.9 Å². The summed E-state index contributed by atoms with van der Waals surface area (Å²) in [4.78, 5) is 38.5. The second-order valence-corrected chi connectivity index (χ2v) is 7.08. The Morgan fingerprint density at radius 3 is 2.57 bits per heavy atom. The Balaban J connectivity index is 1.72. The molecule has 2 aromatic rings. The average Bonchev–Trinajstić information content (AvgIpc) is 2.87. The summed E-state index contributed by atoms with van der Waals surface area (Å²) in [5, 5.41) is 5.66. The predicted octanol–water partition coefficient (Wildman–Crippen LogP) is 2.84. The number of nitrogens with one attached hydrogen (secondary N) is 2. The maximum absolute atomic E-state index is 12.9. The van der Waals surface area contributed by atoms with Gasteiger partial charge in [0.2, 0.25) is 5.91 Å². The monoisotopic (exact) mass is 401 g/mol. The van der Waals surface area contributed by atoms with Crippen molar-refractivity contribution in [1.29, 1.82) is 0 Å². The number of imide groups is 1. The Morgan fingerprint density at radius 2 is 1.86 bits per heavy atom. The highest BCUT2D eigenvalue weighted by Crippen LogP contribution is 2.27. The summed E-state index contributed by atoms with van der Waals surface area (Å²) in [6.07, 6.45) is 0.240. The van der Waals surface area contributed by atoms with Gasteiger partial charge >= 0.3 is 6.03 Å². The summed E-state index contributed by atoms with van der Waals surface area (Å²) in [5.74, 6) is -0.364. The van der Waals surface area contributed by atoms with Gasteiger partial charge in [-0.2, -0.15) is 0 Å². The number of halogens is 1. The number of hydrogen-bond donors (Lipinski definition) is 2. The topological polar surface area (TPSA) is 87.7 Å². The van der Waals surface area contributed by atoms with E-state index in [1.807, 2.05) is 18.2 Å². The molecule has 0 saturated carbocycles. The molecule has 146 valence electrons. The first-order valence-electron chi connectivity index (χ1n) is 8.64. The van der Waals surface area contributed by atoms with E-state index in [2.05, 4.69) is 10.6 Å². The van der Waals surface area contributed by atoms with E-state index in [-0.39, 0.29) is 6.42 Å². The molecule has 0 unspecified atom stereocenters. The molecule has 0 bridgehead atoms. The van der Waals surface area contributed by atoms with Crippen molar-refractivity contribution in [2.75, 3.05) is 19.0 Å². The first kappa shape index (κ1) is 19.7. The molecule has 1 aliphatic rings. The van der Waals surface area contributed by atoms with Gasteiger partial charge in [0.25, 0.3) is 5.91 Å². The van der Waals surface area contributed by atoms with Gasteiger partial charge in [-0.3, -0.25) is 14.5 Å². The third-order valence-electron chi connectivity index (χ3n) is 4.53. The Kier molecular flexibility index (Phi) is 5.56. The highest BCUT2D eigenvalue weighted by molar-refractivity contribution is 6.33. The van der Waals surface area contributed by atoms with Gasteiger partial charge in [-0.05, 0) is 30.7 Å². The van der Waals surface area contributed by atoms with E-state index in [4.69, 9.17) is 16.3 Å². The molecule has 8 heteroatoms. The summed E-state index contributed by atoms with van der Waals surface area (Å²) in [7, 11) is 1.54. The minimum absolute atomic E-state index is 0.240. The lowest BCUT2D eigenvalue weighted by Crippen LogP contribution is -2.46. The van der Waals surface area contributed by atoms with E-state index >= 15 is 0 Å². The molecule has 1 heterocycles. The number of carbonyl (C=O) groups excluding carboxylic acids is 3. The third-order valence-corrected chi connectivity index (χ3v) is 4.86.